The average Bonchev–Trinajstić information content (AvgIpc) is 3.45. The highest BCUT2D eigenvalue weighted by Crippen LogP contribution is 2.46. The second kappa shape index (κ2) is 9.01. The third kappa shape index (κ3) is 4.21. The van der Waals surface area contributed by atoms with E-state index >= 15 is 0 Å². The number of piperidine rings is 1. The third-order valence-corrected chi connectivity index (χ3v) is 7.83. The van der Waals surface area contributed by atoms with Crippen molar-refractivity contribution in [3.05, 3.63) is 75.6 Å². The van der Waals surface area contributed by atoms with Crippen LogP contribution in [-0.4, -0.2) is 23.9 Å². The second-order valence-electron chi connectivity index (χ2n) is 8.79. The molecule has 3 heterocycles. The zero-order chi connectivity index (χ0) is 21.2. The number of nitrogens with zero attached hydrogens (tertiary/aromatic N) is 1. The summed E-state index contributed by atoms with van der Waals surface area (Å²) in [5.41, 5.74) is 5.40. The summed E-state index contributed by atoms with van der Waals surface area (Å²) in [5, 5.41) is 4.23. The number of thiophene rings is 1. The van der Waals surface area contributed by atoms with Crippen LogP contribution < -0.4 is 5.32 Å². The van der Waals surface area contributed by atoms with Gasteiger partial charge in [0.25, 0.3) is 5.91 Å². The van der Waals surface area contributed by atoms with E-state index < -0.39 is 0 Å². The number of benzene rings is 1. The largest absolute Gasteiger partial charge is 0.459 e. The first-order valence-electron chi connectivity index (χ1n) is 11.5. The van der Waals surface area contributed by atoms with E-state index in [9.17, 15) is 4.79 Å². The molecule has 1 unspecified atom stereocenters. The van der Waals surface area contributed by atoms with Crippen LogP contribution in [0.5, 0.6) is 0 Å². The Balaban J connectivity index is 1.60. The molecule has 31 heavy (non-hydrogen) atoms. The van der Waals surface area contributed by atoms with Gasteiger partial charge in [0.1, 0.15) is 5.00 Å². The van der Waals surface area contributed by atoms with E-state index in [1.54, 1.807) is 29.7 Å². The smallest absolute Gasteiger partial charge is 0.291 e. The second-order valence-corrected chi connectivity index (χ2v) is 9.90. The molecular weight excluding hydrogens is 404 g/mol. The van der Waals surface area contributed by atoms with Gasteiger partial charge in [0, 0.05) is 10.4 Å². The van der Waals surface area contributed by atoms with E-state index in [0.29, 0.717) is 5.76 Å². The lowest BCUT2D eigenvalue weighted by atomic mass is 9.88. The van der Waals surface area contributed by atoms with E-state index in [4.69, 9.17) is 4.42 Å². The first kappa shape index (κ1) is 20.5. The summed E-state index contributed by atoms with van der Waals surface area (Å²) in [4.78, 5) is 17.0. The minimum Gasteiger partial charge on any atom is -0.459 e. The fraction of sp³-hybridized carbons (Fsp3) is 0.423. The molecule has 0 radical (unpaired) electrons. The maximum atomic E-state index is 12.9. The van der Waals surface area contributed by atoms with E-state index in [2.05, 4.69) is 41.4 Å². The lowest BCUT2D eigenvalue weighted by Gasteiger charge is -2.36. The fourth-order valence-corrected chi connectivity index (χ4v) is 6.35. The number of carbonyl (C=O) groups excluding carboxylic acids is 1. The summed E-state index contributed by atoms with van der Waals surface area (Å²) >= 11 is 1.78. The number of nitrogens with one attached hydrogen (secondary N) is 1. The van der Waals surface area contributed by atoms with Gasteiger partial charge in [-0.05, 0) is 81.8 Å². The molecule has 0 spiro atoms. The molecule has 4 nitrogen and oxygen atoms in total. The quantitative estimate of drug-likeness (QED) is 0.508. The number of anilines is 1. The van der Waals surface area contributed by atoms with Gasteiger partial charge in [0.05, 0.1) is 12.3 Å². The fourth-order valence-electron chi connectivity index (χ4n) is 5.03. The van der Waals surface area contributed by atoms with Crippen LogP contribution in [0, 0.1) is 6.92 Å². The van der Waals surface area contributed by atoms with Gasteiger partial charge in [-0.25, -0.2) is 0 Å². The highest BCUT2D eigenvalue weighted by Gasteiger charge is 2.32. The maximum Gasteiger partial charge on any atom is 0.291 e. The molecule has 5 heteroatoms. The molecule has 162 valence electrons. The summed E-state index contributed by atoms with van der Waals surface area (Å²) < 4.78 is 5.37. The minimum atomic E-state index is -0.161. The zero-order valence-electron chi connectivity index (χ0n) is 18.2. The van der Waals surface area contributed by atoms with Crippen LogP contribution in [0.4, 0.5) is 5.00 Å². The molecule has 1 aliphatic heterocycles. The van der Waals surface area contributed by atoms with Crippen LogP contribution in [0.15, 0.2) is 47.1 Å². The molecule has 1 aromatic carbocycles. The molecule has 1 amide bonds. The van der Waals surface area contributed by atoms with Crippen LogP contribution in [0.25, 0.3) is 0 Å². The van der Waals surface area contributed by atoms with Crippen molar-refractivity contribution in [2.24, 2.45) is 0 Å². The van der Waals surface area contributed by atoms with Crippen molar-refractivity contribution in [3.8, 4) is 0 Å². The number of fused-ring (bicyclic) bond motifs is 1. The number of hydrogen-bond donors (Lipinski definition) is 1. The van der Waals surface area contributed by atoms with Crippen molar-refractivity contribution in [1.82, 2.24) is 4.90 Å². The van der Waals surface area contributed by atoms with Gasteiger partial charge >= 0.3 is 0 Å². The van der Waals surface area contributed by atoms with E-state index in [1.807, 2.05) is 0 Å². The highest BCUT2D eigenvalue weighted by atomic mass is 32.1. The predicted molar refractivity (Wildman–Crippen MR) is 126 cm³/mol. The number of rotatable bonds is 5. The molecule has 1 N–H and O–H groups in total. The lowest BCUT2D eigenvalue weighted by molar-refractivity contribution is 0.0996. The van der Waals surface area contributed by atoms with Crippen molar-refractivity contribution in [2.75, 3.05) is 18.4 Å². The molecule has 1 fully saturated rings. The Bertz CT molecular complexity index is 1030. The molecule has 3 aromatic rings. The van der Waals surface area contributed by atoms with Crippen LogP contribution in [0.1, 0.15) is 75.8 Å². The summed E-state index contributed by atoms with van der Waals surface area (Å²) in [6.07, 6.45) is 10.0. The van der Waals surface area contributed by atoms with Gasteiger partial charge in [-0.2, -0.15) is 0 Å². The van der Waals surface area contributed by atoms with Gasteiger partial charge in [-0.3, -0.25) is 9.69 Å². The van der Waals surface area contributed by atoms with Crippen LogP contribution >= 0.6 is 11.3 Å². The molecule has 1 atom stereocenters. The van der Waals surface area contributed by atoms with Crippen molar-refractivity contribution >= 4 is 22.2 Å². The number of amides is 1. The van der Waals surface area contributed by atoms with Crippen molar-refractivity contribution < 1.29 is 9.21 Å². The summed E-state index contributed by atoms with van der Waals surface area (Å²) in [6.45, 7) is 4.35. The summed E-state index contributed by atoms with van der Waals surface area (Å²) in [7, 11) is 0. The highest BCUT2D eigenvalue weighted by molar-refractivity contribution is 7.16. The van der Waals surface area contributed by atoms with Crippen molar-refractivity contribution in [1.29, 1.82) is 0 Å². The molecule has 0 bridgehead atoms. The molecule has 1 saturated heterocycles. The number of carbonyl (C=O) groups is 1. The standard InChI is InChI=1S/C26H30N2O2S/c1-18-11-13-19(14-12-18)24(28-15-5-2-6-16-28)23-20-8-3-4-10-22(20)31-26(23)27-25(29)21-9-7-17-30-21/h7,9,11-14,17,24H,2-6,8,10,15-16H2,1H3,(H,27,29). The van der Waals surface area contributed by atoms with Gasteiger partial charge < -0.3 is 9.73 Å². The Morgan fingerprint density at radius 1 is 1.03 bits per heavy atom. The van der Waals surface area contributed by atoms with Gasteiger partial charge in [0.15, 0.2) is 5.76 Å². The minimum absolute atomic E-state index is 0.161. The number of hydrogen-bond acceptors (Lipinski definition) is 4. The Morgan fingerprint density at radius 2 is 1.81 bits per heavy atom. The Kier molecular flexibility index (Phi) is 5.97. The topological polar surface area (TPSA) is 45.5 Å². The monoisotopic (exact) mass is 434 g/mol. The van der Waals surface area contributed by atoms with Crippen LogP contribution in [0.3, 0.4) is 0 Å². The van der Waals surface area contributed by atoms with Crippen molar-refractivity contribution in [2.45, 2.75) is 57.9 Å². The third-order valence-electron chi connectivity index (χ3n) is 6.61. The van der Waals surface area contributed by atoms with E-state index in [1.165, 1.54) is 59.2 Å². The zero-order valence-corrected chi connectivity index (χ0v) is 19.0. The lowest BCUT2D eigenvalue weighted by Crippen LogP contribution is -2.35. The normalized spacial score (nSPS) is 17.8. The van der Waals surface area contributed by atoms with E-state index in [-0.39, 0.29) is 11.9 Å². The van der Waals surface area contributed by atoms with Gasteiger partial charge in [-0.1, -0.05) is 36.2 Å². The van der Waals surface area contributed by atoms with Crippen LogP contribution in [-0.2, 0) is 12.8 Å². The first-order valence-corrected chi connectivity index (χ1v) is 12.3. The average molecular weight is 435 g/mol. The number of furan rings is 1. The molecule has 0 saturated carbocycles. The molecule has 2 aromatic heterocycles. The van der Waals surface area contributed by atoms with Crippen LogP contribution in [0.2, 0.25) is 0 Å². The number of likely N-dealkylation sites (tertiary alicyclic amines) is 1. The molecule has 1 aliphatic carbocycles. The Morgan fingerprint density at radius 3 is 2.55 bits per heavy atom. The Hall–Kier alpha value is -2.37. The first-order chi connectivity index (χ1) is 15.2. The molecule has 2 aliphatic rings. The number of aryl methyl sites for hydroxylation is 2. The van der Waals surface area contributed by atoms with Crippen molar-refractivity contribution in [3.63, 3.8) is 0 Å². The predicted octanol–water partition coefficient (Wildman–Crippen LogP) is 6.36. The van der Waals surface area contributed by atoms with Gasteiger partial charge in [0.2, 0.25) is 0 Å². The van der Waals surface area contributed by atoms with E-state index in [0.717, 1.165) is 30.9 Å². The summed E-state index contributed by atoms with van der Waals surface area (Å²) in [6, 6.07) is 12.7. The Labute approximate surface area is 188 Å². The molecular formula is C26H30N2O2S. The van der Waals surface area contributed by atoms with Gasteiger partial charge in [-0.15, -0.1) is 11.3 Å². The summed E-state index contributed by atoms with van der Waals surface area (Å²) in [5.74, 6) is 0.202. The molecule has 5 rings (SSSR count). The SMILES string of the molecule is Cc1ccc(C(c2c(NC(=O)c3ccco3)sc3c2CCCC3)N2CCCCC2)cc1. The maximum absolute atomic E-state index is 12.9.